The first-order valence-corrected chi connectivity index (χ1v) is 3.62. The van der Waals surface area contributed by atoms with Crippen molar-refractivity contribution in [3.63, 3.8) is 0 Å². The largest absolute Gasteiger partial charge is 0.463 e. The number of carbonyl (C=O) groups is 2. The fourth-order valence-corrected chi connectivity index (χ4v) is 0.834. The van der Waals surface area contributed by atoms with E-state index in [9.17, 15) is 9.59 Å². The fourth-order valence-electron chi connectivity index (χ4n) is 0.834. The summed E-state index contributed by atoms with van der Waals surface area (Å²) in [5.41, 5.74) is -0.222. The SMILES string of the molecule is C#[N+]C(=C)C(=O)OC1CCOC1=O. The van der Waals surface area contributed by atoms with Gasteiger partial charge in [0.05, 0.1) is 6.61 Å². The van der Waals surface area contributed by atoms with Crippen molar-refractivity contribution in [2.24, 2.45) is 0 Å². The van der Waals surface area contributed by atoms with Crippen LogP contribution >= 0.6 is 0 Å². The molecule has 0 aromatic heterocycles. The van der Waals surface area contributed by atoms with Gasteiger partial charge in [-0.15, -0.1) is 0 Å². The van der Waals surface area contributed by atoms with E-state index in [0.717, 1.165) is 0 Å². The number of ether oxygens (including phenoxy) is 2. The van der Waals surface area contributed by atoms with E-state index in [4.69, 9.17) is 6.57 Å². The van der Waals surface area contributed by atoms with Crippen LogP contribution < -0.4 is 0 Å². The van der Waals surface area contributed by atoms with Crippen LogP contribution in [0.4, 0.5) is 0 Å². The summed E-state index contributed by atoms with van der Waals surface area (Å²) in [6.07, 6.45) is -0.478. The summed E-state index contributed by atoms with van der Waals surface area (Å²) in [5.74, 6) is -1.34. The minimum Gasteiger partial charge on any atom is -0.463 e. The number of hydrogen-bond acceptors (Lipinski definition) is 4. The monoisotopic (exact) mass is 182 g/mol. The molecule has 5 heteroatoms. The molecule has 1 fully saturated rings. The van der Waals surface area contributed by atoms with Gasteiger partial charge in [-0.2, -0.15) is 0 Å². The van der Waals surface area contributed by atoms with Crippen molar-refractivity contribution in [3.05, 3.63) is 17.1 Å². The maximum absolute atomic E-state index is 11.0. The number of cyclic esters (lactones) is 1. The Bertz CT molecular complexity index is 302. The topological polar surface area (TPSA) is 57.0 Å². The summed E-state index contributed by atoms with van der Waals surface area (Å²) < 4.78 is 9.26. The van der Waals surface area contributed by atoms with E-state index in [1.54, 1.807) is 0 Å². The average Bonchev–Trinajstić information content (AvgIpc) is 2.50. The molecule has 1 saturated heterocycles. The molecule has 13 heavy (non-hydrogen) atoms. The minimum atomic E-state index is -0.842. The molecule has 0 aromatic rings. The van der Waals surface area contributed by atoms with Crippen molar-refractivity contribution < 1.29 is 19.1 Å². The summed E-state index contributed by atoms with van der Waals surface area (Å²) in [4.78, 5) is 24.8. The predicted octanol–water partition coefficient (Wildman–Crippen LogP) is 0.321. The van der Waals surface area contributed by atoms with Crippen LogP contribution in [0.1, 0.15) is 6.42 Å². The highest BCUT2D eigenvalue weighted by molar-refractivity contribution is 5.92. The van der Waals surface area contributed by atoms with Crippen molar-refractivity contribution >= 4 is 11.9 Å². The van der Waals surface area contributed by atoms with Gasteiger partial charge in [0.15, 0.2) is 0 Å². The number of esters is 2. The number of rotatable bonds is 2. The second kappa shape index (κ2) is 3.72. The molecule has 0 radical (unpaired) electrons. The molecule has 0 bridgehead atoms. The van der Waals surface area contributed by atoms with Gasteiger partial charge in [-0.1, -0.05) is 0 Å². The lowest BCUT2D eigenvalue weighted by Crippen LogP contribution is -2.22. The van der Waals surface area contributed by atoms with Crippen LogP contribution in [-0.4, -0.2) is 24.6 Å². The molecule has 1 atom stereocenters. The highest BCUT2D eigenvalue weighted by Gasteiger charge is 2.32. The van der Waals surface area contributed by atoms with Gasteiger partial charge in [-0.3, -0.25) is 0 Å². The molecule has 1 unspecified atom stereocenters. The number of hydrogen-bond donors (Lipinski definition) is 0. The van der Waals surface area contributed by atoms with Crippen LogP contribution in [0.25, 0.3) is 4.85 Å². The Hall–Kier alpha value is -1.83. The first kappa shape index (κ1) is 9.26. The molecular weight excluding hydrogens is 174 g/mol. The molecule has 1 heterocycles. The molecule has 0 spiro atoms. The molecule has 1 aliphatic heterocycles. The average molecular weight is 182 g/mol. The molecular formula is C8H8NO4+. The Kier molecular flexibility index (Phi) is 2.65. The standard InChI is InChI=1S/C8H8NO4/c1-5(9-2)7(10)13-6-3-4-12-8(6)11/h2,6H,1,3-4H2/q+1. The highest BCUT2D eigenvalue weighted by Crippen LogP contribution is 2.12. The maximum Gasteiger partial charge on any atom is 0.423 e. The first-order chi connectivity index (χ1) is 6.15. The van der Waals surface area contributed by atoms with Crippen LogP contribution in [-0.2, 0) is 19.1 Å². The van der Waals surface area contributed by atoms with Crippen molar-refractivity contribution in [3.8, 4) is 6.57 Å². The smallest absolute Gasteiger partial charge is 0.423 e. The molecule has 0 aromatic carbocycles. The molecule has 1 rings (SSSR count). The van der Waals surface area contributed by atoms with Gasteiger partial charge in [0.2, 0.25) is 6.10 Å². The molecule has 0 aliphatic carbocycles. The quantitative estimate of drug-likeness (QED) is 0.456. The van der Waals surface area contributed by atoms with Crippen LogP contribution in [0, 0.1) is 6.57 Å². The second-order valence-electron chi connectivity index (χ2n) is 2.43. The zero-order valence-electron chi connectivity index (χ0n) is 6.86. The summed E-state index contributed by atoms with van der Waals surface area (Å²) in [7, 11) is 0. The Labute approximate surface area is 74.8 Å². The van der Waals surface area contributed by atoms with Gasteiger partial charge in [0, 0.05) is 13.0 Å². The minimum absolute atomic E-state index is 0.222. The molecule has 5 nitrogen and oxygen atoms in total. The summed E-state index contributed by atoms with van der Waals surface area (Å²) in [6.45, 7) is 8.28. The summed E-state index contributed by atoms with van der Waals surface area (Å²) in [6, 6.07) is 0. The third kappa shape index (κ3) is 2.06. The maximum atomic E-state index is 11.0. The van der Waals surface area contributed by atoms with Crippen LogP contribution in [0.2, 0.25) is 0 Å². The molecule has 0 saturated carbocycles. The van der Waals surface area contributed by atoms with Crippen LogP contribution in [0.3, 0.4) is 0 Å². The van der Waals surface area contributed by atoms with E-state index in [0.29, 0.717) is 6.42 Å². The van der Waals surface area contributed by atoms with E-state index in [-0.39, 0.29) is 12.3 Å². The molecule has 0 amide bonds. The lowest BCUT2D eigenvalue weighted by molar-refractivity contribution is -0.157. The van der Waals surface area contributed by atoms with Gasteiger partial charge in [0.25, 0.3) is 6.57 Å². The van der Waals surface area contributed by atoms with Crippen molar-refractivity contribution in [2.45, 2.75) is 12.5 Å². The predicted molar refractivity (Wildman–Crippen MR) is 42.9 cm³/mol. The fraction of sp³-hybridized carbons (Fsp3) is 0.375. The van der Waals surface area contributed by atoms with E-state index < -0.39 is 18.0 Å². The van der Waals surface area contributed by atoms with Gasteiger partial charge in [-0.05, 0) is 4.85 Å². The van der Waals surface area contributed by atoms with E-state index in [2.05, 4.69) is 20.9 Å². The Morgan fingerprint density at radius 3 is 2.92 bits per heavy atom. The second-order valence-corrected chi connectivity index (χ2v) is 2.43. The van der Waals surface area contributed by atoms with Crippen molar-refractivity contribution in [2.75, 3.05) is 6.61 Å². The number of nitrogens with zero attached hydrogens (tertiary/aromatic N) is 1. The lowest BCUT2D eigenvalue weighted by Gasteiger charge is -2.03. The van der Waals surface area contributed by atoms with E-state index >= 15 is 0 Å². The molecule has 68 valence electrons. The summed E-state index contributed by atoms with van der Waals surface area (Å²) >= 11 is 0. The third-order valence-corrected chi connectivity index (χ3v) is 1.53. The number of carbonyl (C=O) groups excluding carboxylic acids is 2. The van der Waals surface area contributed by atoms with Gasteiger partial charge in [-0.25, -0.2) is 9.59 Å². The van der Waals surface area contributed by atoms with Crippen molar-refractivity contribution in [1.29, 1.82) is 0 Å². The third-order valence-electron chi connectivity index (χ3n) is 1.53. The van der Waals surface area contributed by atoms with E-state index in [1.165, 1.54) is 0 Å². The Balaban J connectivity index is 2.50. The van der Waals surface area contributed by atoms with Crippen LogP contribution in [0.5, 0.6) is 0 Å². The Morgan fingerprint density at radius 2 is 2.46 bits per heavy atom. The zero-order valence-corrected chi connectivity index (χ0v) is 6.86. The normalized spacial score (nSPS) is 20.2. The highest BCUT2D eigenvalue weighted by atomic mass is 16.6. The van der Waals surface area contributed by atoms with Gasteiger partial charge < -0.3 is 9.47 Å². The Morgan fingerprint density at radius 1 is 1.77 bits per heavy atom. The van der Waals surface area contributed by atoms with Gasteiger partial charge >= 0.3 is 17.6 Å². The lowest BCUT2D eigenvalue weighted by atomic mass is 10.3. The molecule has 0 N–H and O–H groups in total. The molecule has 1 aliphatic rings. The van der Waals surface area contributed by atoms with Gasteiger partial charge in [0.1, 0.15) is 0 Å². The summed E-state index contributed by atoms with van der Waals surface area (Å²) in [5, 5.41) is 0. The first-order valence-electron chi connectivity index (χ1n) is 3.62. The van der Waals surface area contributed by atoms with Crippen LogP contribution in [0.15, 0.2) is 12.3 Å². The van der Waals surface area contributed by atoms with E-state index in [1.807, 2.05) is 0 Å². The zero-order chi connectivity index (χ0) is 9.84. The van der Waals surface area contributed by atoms with Crippen molar-refractivity contribution in [1.82, 2.24) is 0 Å².